The molecule has 0 saturated heterocycles. The van der Waals surface area contributed by atoms with Gasteiger partial charge in [0.15, 0.2) is 0 Å². The molecule has 1 heterocycles. The van der Waals surface area contributed by atoms with Crippen molar-refractivity contribution in [2.75, 3.05) is 11.9 Å². The van der Waals surface area contributed by atoms with Crippen LogP contribution in [0.25, 0.3) is 10.8 Å². The molecule has 0 bridgehead atoms. The molecule has 2 heteroatoms. The molecule has 2 atom stereocenters. The van der Waals surface area contributed by atoms with Crippen LogP contribution in [0.3, 0.4) is 0 Å². The van der Waals surface area contributed by atoms with Gasteiger partial charge in [-0.2, -0.15) is 0 Å². The predicted octanol–water partition coefficient (Wildman–Crippen LogP) is 3.72. The average molecular weight is 251 g/mol. The minimum Gasteiger partial charge on any atom is -0.384 e. The van der Waals surface area contributed by atoms with Crippen LogP contribution in [0.5, 0.6) is 0 Å². The molecule has 96 valence electrons. The summed E-state index contributed by atoms with van der Waals surface area (Å²) >= 11 is 0. The largest absolute Gasteiger partial charge is 0.384 e. The second-order valence-corrected chi connectivity index (χ2v) is 5.73. The van der Waals surface area contributed by atoms with E-state index in [2.05, 4.69) is 41.7 Å². The first-order chi connectivity index (χ1) is 9.34. The van der Waals surface area contributed by atoms with Crippen molar-refractivity contribution in [3.63, 3.8) is 0 Å². The molecule has 0 spiro atoms. The van der Waals surface area contributed by atoms with E-state index < -0.39 is 0 Å². The molecule has 2 aromatic carbocycles. The van der Waals surface area contributed by atoms with Gasteiger partial charge in [-0.25, -0.2) is 0 Å². The molecular formula is C17H17NO. The van der Waals surface area contributed by atoms with Crippen molar-refractivity contribution in [2.24, 2.45) is 5.92 Å². The lowest BCUT2D eigenvalue weighted by Gasteiger charge is -2.37. The summed E-state index contributed by atoms with van der Waals surface area (Å²) in [5, 5.41) is 6.01. The third kappa shape index (κ3) is 1.59. The topological polar surface area (TPSA) is 29.1 Å². The first-order valence-corrected chi connectivity index (χ1v) is 7.13. The number of rotatable bonds is 0. The van der Waals surface area contributed by atoms with E-state index in [0.29, 0.717) is 11.7 Å². The van der Waals surface area contributed by atoms with Crippen LogP contribution in [0.4, 0.5) is 5.69 Å². The number of carbonyl (C=O) groups is 1. The highest BCUT2D eigenvalue weighted by atomic mass is 16.1. The number of carbonyl (C=O) groups excluding carboxylic acids is 1. The van der Waals surface area contributed by atoms with Gasteiger partial charge in [0.2, 0.25) is 0 Å². The normalized spacial score (nSPS) is 25.6. The Balaban J connectivity index is 1.99. The van der Waals surface area contributed by atoms with Crippen molar-refractivity contribution in [3.05, 3.63) is 42.0 Å². The minimum atomic E-state index is 0.121. The number of Topliss-reactive ketones (excluding diaryl/α,β-unsaturated/α-hetero) is 1. The van der Waals surface area contributed by atoms with Crippen molar-refractivity contribution in [3.8, 4) is 0 Å². The van der Waals surface area contributed by atoms with Gasteiger partial charge >= 0.3 is 0 Å². The molecule has 1 fully saturated rings. The lowest BCUT2D eigenvalue weighted by Crippen LogP contribution is -2.35. The van der Waals surface area contributed by atoms with Crippen LogP contribution in [0, 0.1) is 5.92 Å². The van der Waals surface area contributed by atoms with E-state index in [1.807, 2.05) is 0 Å². The zero-order valence-electron chi connectivity index (χ0n) is 10.9. The van der Waals surface area contributed by atoms with Crippen LogP contribution in [0.1, 0.15) is 30.7 Å². The Labute approximate surface area is 112 Å². The molecule has 4 rings (SSSR count). The van der Waals surface area contributed by atoms with Gasteiger partial charge in [-0.3, -0.25) is 4.79 Å². The molecule has 0 aromatic heterocycles. The fourth-order valence-corrected chi connectivity index (χ4v) is 3.77. The highest BCUT2D eigenvalue weighted by Gasteiger charge is 2.37. The molecule has 1 aliphatic heterocycles. The number of anilines is 1. The highest BCUT2D eigenvalue weighted by Crippen LogP contribution is 2.44. The monoisotopic (exact) mass is 251 g/mol. The summed E-state index contributed by atoms with van der Waals surface area (Å²) in [7, 11) is 0. The lowest BCUT2D eigenvalue weighted by atomic mass is 9.71. The van der Waals surface area contributed by atoms with Gasteiger partial charge in [0.25, 0.3) is 0 Å². The van der Waals surface area contributed by atoms with Crippen LogP contribution in [-0.4, -0.2) is 12.3 Å². The predicted molar refractivity (Wildman–Crippen MR) is 77.5 cm³/mol. The Kier molecular flexibility index (Phi) is 2.37. The van der Waals surface area contributed by atoms with Gasteiger partial charge in [-0.05, 0) is 41.2 Å². The van der Waals surface area contributed by atoms with Crippen molar-refractivity contribution in [2.45, 2.75) is 25.2 Å². The van der Waals surface area contributed by atoms with Crippen molar-refractivity contribution in [1.29, 1.82) is 0 Å². The Hall–Kier alpha value is -1.83. The van der Waals surface area contributed by atoms with Crippen molar-refractivity contribution in [1.82, 2.24) is 0 Å². The second kappa shape index (κ2) is 4.09. The fourth-order valence-electron chi connectivity index (χ4n) is 3.77. The number of hydrogen-bond acceptors (Lipinski definition) is 2. The maximum Gasteiger partial charge on any atom is 0.140 e. The van der Waals surface area contributed by atoms with Gasteiger partial charge in [-0.1, -0.05) is 30.3 Å². The third-order valence-electron chi connectivity index (χ3n) is 4.65. The summed E-state index contributed by atoms with van der Waals surface area (Å²) in [5.41, 5.74) is 2.41. The summed E-state index contributed by atoms with van der Waals surface area (Å²) in [4.78, 5) is 12.4. The average Bonchev–Trinajstić information content (AvgIpc) is 2.47. The number of nitrogens with one attached hydrogen (secondary N) is 1. The fraction of sp³-hybridized carbons (Fsp3) is 0.353. The molecule has 0 amide bonds. The molecule has 0 radical (unpaired) electrons. The van der Waals surface area contributed by atoms with E-state index >= 15 is 0 Å². The van der Waals surface area contributed by atoms with E-state index in [4.69, 9.17) is 0 Å². The molecule has 2 nitrogen and oxygen atoms in total. The maximum absolute atomic E-state index is 12.4. The van der Waals surface area contributed by atoms with E-state index in [1.54, 1.807) is 0 Å². The summed E-state index contributed by atoms with van der Waals surface area (Å²) < 4.78 is 0. The molecule has 1 aliphatic carbocycles. The molecular weight excluding hydrogens is 234 g/mol. The number of benzene rings is 2. The zero-order chi connectivity index (χ0) is 12.8. The van der Waals surface area contributed by atoms with Crippen LogP contribution in [0.2, 0.25) is 0 Å². The van der Waals surface area contributed by atoms with Gasteiger partial charge < -0.3 is 5.32 Å². The summed E-state index contributed by atoms with van der Waals surface area (Å²) in [6.07, 6.45) is 2.98. The molecule has 2 unspecified atom stereocenters. The maximum atomic E-state index is 12.4. The first-order valence-electron chi connectivity index (χ1n) is 7.13. The Morgan fingerprint density at radius 1 is 1.11 bits per heavy atom. The smallest absolute Gasteiger partial charge is 0.140 e. The SMILES string of the molecule is O=C1CCCC2CNc3ccc4ccccc4c3C12. The van der Waals surface area contributed by atoms with E-state index in [-0.39, 0.29) is 5.92 Å². The number of hydrogen-bond donors (Lipinski definition) is 1. The summed E-state index contributed by atoms with van der Waals surface area (Å²) in [6.45, 7) is 0.946. The van der Waals surface area contributed by atoms with E-state index in [1.165, 1.54) is 22.8 Å². The highest BCUT2D eigenvalue weighted by molar-refractivity contribution is 5.98. The van der Waals surface area contributed by atoms with E-state index in [0.717, 1.165) is 25.1 Å². The number of ketones is 1. The van der Waals surface area contributed by atoms with Crippen LogP contribution < -0.4 is 5.32 Å². The van der Waals surface area contributed by atoms with Gasteiger partial charge in [0.05, 0.1) is 0 Å². The Bertz CT molecular complexity index is 661. The van der Waals surface area contributed by atoms with Gasteiger partial charge in [0, 0.05) is 24.6 Å². The molecule has 19 heavy (non-hydrogen) atoms. The molecule has 2 aliphatic rings. The minimum absolute atomic E-state index is 0.121. The van der Waals surface area contributed by atoms with Gasteiger partial charge in [0.1, 0.15) is 5.78 Å². The van der Waals surface area contributed by atoms with Crippen LogP contribution in [-0.2, 0) is 4.79 Å². The van der Waals surface area contributed by atoms with Crippen molar-refractivity contribution >= 4 is 22.2 Å². The summed E-state index contributed by atoms with van der Waals surface area (Å²) in [5.74, 6) is 1.05. The molecule has 2 aromatic rings. The quantitative estimate of drug-likeness (QED) is 0.773. The second-order valence-electron chi connectivity index (χ2n) is 5.73. The third-order valence-corrected chi connectivity index (χ3v) is 4.65. The van der Waals surface area contributed by atoms with Crippen LogP contribution in [0.15, 0.2) is 36.4 Å². The Morgan fingerprint density at radius 3 is 2.95 bits per heavy atom. The Morgan fingerprint density at radius 2 is 2.00 bits per heavy atom. The molecule has 1 N–H and O–H groups in total. The molecule has 1 saturated carbocycles. The number of fused-ring (bicyclic) bond motifs is 5. The van der Waals surface area contributed by atoms with Crippen LogP contribution >= 0.6 is 0 Å². The zero-order valence-corrected chi connectivity index (χ0v) is 10.9. The first kappa shape index (κ1) is 11.0. The van der Waals surface area contributed by atoms with E-state index in [9.17, 15) is 4.79 Å². The standard InChI is InChI=1S/C17H17NO/c19-15-7-3-5-12-10-18-14-9-8-11-4-1-2-6-13(11)17(14)16(12)15/h1-2,4,6,8-9,12,16,18H,3,5,7,10H2. The van der Waals surface area contributed by atoms with Crippen molar-refractivity contribution < 1.29 is 4.79 Å². The van der Waals surface area contributed by atoms with Gasteiger partial charge in [-0.15, -0.1) is 0 Å². The summed E-state index contributed by atoms with van der Waals surface area (Å²) in [6, 6.07) is 12.7. The lowest BCUT2D eigenvalue weighted by molar-refractivity contribution is -0.123.